The molecule has 0 aliphatic rings. The lowest BCUT2D eigenvalue weighted by atomic mass is 9.83. The molecule has 0 radical (unpaired) electrons. The predicted octanol–water partition coefficient (Wildman–Crippen LogP) is 5.89. The van der Waals surface area contributed by atoms with E-state index in [-0.39, 0.29) is 26.2 Å². The highest BCUT2D eigenvalue weighted by atomic mass is 35.5. The zero-order chi connectivity index (χ0) is 21.6. The molecule has 10 heteroatoms. The number of phenols is 2. The van der Waals surface area contributed by atoms with Crippen LogP contribution in [0, 0.1) is 0 Å². The minimum atomic E-state index is -5.14. The molecule has 0 saturated carbocycles. The maximum absolute atomic E-state index is 13.0. The molecule has 0 aliphatic heterocycles. The molecule has 5 nitrogen and oxygen atoms in total. The van der Waals surface area contributed by atoms with Crippen molar-refractivity contribution in [2.75, 3.05) is 0 Å². The minimum Gasteiger partial charge on any atom is -0.506 e. The maximum atomic E-state index is 13.0. The lowest BCUT2D eigenvalue weighted by Crippen LogP contribution is -2.39. The minimum absolute atomic E-state index is 0.00871. The van der Waals surface area contributed by atoms with Gasteiger partial charge in [0.15, 0.2) is 4.75 Å². The molecule has 0 heterocycles. The maximum Gasteiger partial charge on any atom is 0.283 e. The van der Waals surface area contributed by atoms with Gasteiger partial charge in [-0.2, -0.15) is 8.42 Å². The lowest BCUT2D eigenvalue weighted by Gasteiger charge is -2.34. The highest BCUT2D eigenvalue weighted by Crippen LogP contribution is 2.55. The van der Waals surface area contributed by atoms with Crippen LogP contribution in [0.15, 0.2) is 54.6 Å². The molecular formula is C19H12Cl4O5S. The van der Waals surface area contributed by atoms with Crippen molar-refractivity contribution in [3.8, 4) is 11.5 Å². The topological polar surface area (TPSA) is 94.8 Å². The van der Waals surface area contributed by atoms with Gasteiger partial charge in [0.1, 0.15) is 11.5 Å². The van der Waals surface area contributed by atoms with Gasteiger partial charge in [0.2, 0.25) is 0 Å². The number of rotatable bonds is 4. The number of halogens is 4. The summed E-state index contributed by atoms with van der Waals surface area (Å²) in [6.45, 7) is 0. The fourth-order valence-corrected chi connectivity index (χ4v) is 5.72. The highest BCUT2D eigenvalue weighted by Gasteiger charge is 2.53. The van der Waals surface area contributed by atoms with Gasteiger partial charge in [-0.3, -0.25) is 4.55 Å². The zero-order valence-electron chi connectivity index (χ0n) is 14.3. The summed E-state index contributed by atoms with van der Waals surface area (Å²) in [5.41, 5.74) is -0.719. The molecule has 0 spiro atoms. The van der Waals surface area contributed by atoms with Crippen molar-refractivity contribution in [2.24, 2.45) is 0 Å². The molecule has 3 N–H and O–H groups in total. The van der Waals surface area contributed by atoms with Crippen molar-refractivity contribution >= 4 is 56.5 Å². The molecule has 0 amide bonds. The van der Waals surface area contributed by atoms with Crippen LogP contribution in [-0.4, -0.2) is 23.2 Å². The summed E-state index contributed by atoms with van der Waals surface area (Å²) in [6, 6.07) is 12.3. The van der Waals surface area contributed by atoms with Crippen molar-refractivity contribution < 1.29 is 23.2 Å². The van der Waals surface area contributed by atoms with Crippen LogP contribution in [0.3, 0.4) is 0 Å². The van der Waals surface area contributed by atoms with E-state index < -0.39 is 37.0 Å². The van der Waals surface area contributed by atoms with E-state index >= 15 is 0 Å². The van der Waals surface area contributed by atoms with Gasteiger partial charge in [-0.05, 0) is 17.7 Å². The summed E-state index contributed by atoms with van der Waals surface area (Å²) in [6.07, 6.45) is 0. The highest BCUT2D eigenvalue weighted by molar-refractivity contribution is 7.87. The molecule has 152 valence electrons. The number of phenolic OH excluding ortho intramolecular Hbond substituents is 2. The molecule has 3 aromatic carbocycles. The molecule has 1 unspecified atom stereocenters. The number of hydrogen-bond acceptors (Lipinski definition) is 4. The van der Waals surface area contributed by atoms with Crippen LogP contribution >= 0.6 is 46.4 Å². The Kier molecular flexibility index (Phi) is 5.98. The second kappa shape index (κ2) is 7.87. The molecule has 0 saturated heterocycles. The lowest BCUT2D eigenvalue weighted by molar-refractivity contribution is 0.435. The smallest absolute Gasteiger partial charge is 0.283 e. The first-order valence-corrected chi connectivity index (χ1v) is 10.9. The first kappa shape index (κ1) is 22.0. The molecule has 3 aromatic rings. The molecule has 0 aromatic heterocycles. The SMILES string of the molecule is O=S(=O)(O)C(c1ccccc1)(c1ccc(Cl)cc1Cl)c1c(O)c(Cl)cc(O)c1Cl. The number of hydrogen-bond donors (Lipinski definition) is 3. The van der Waals surface area contributed by atoms with Gasteiger partial charge in [0.05, 0.1) is 15.6 Å². The van der Waals surface area contributed by atoms with Crippen molar-refractivity contribution in [1.29, 1.82) is 0 Å². The Bertz CT molecular complexity index is 1170. The van der Waals surface area contributed by atoms with E-state index in [0.717, 1.165) is 6.07 Å². The van der Waals surface area contributed by atoms with E-state index in [1.807, 2.05) is 0 Å². The summed E-state index contributed by atoms with van der Waals surface area (Å²) in [5.74, 6) is -1.35. The predicted molar refractivity (Wildman–Crippen MR) is 114 cm³/mol. The van der Waals surface area contributed by atoms with E-state index in [1.165, 1.54) is 42.5 Å². The monoisotopic (exact) mass is 492 g/mol. The Hall–Kier alpha value is -1.67. The average Bonchev–Trinajstić information content (AvgIpc) is 2.64. The largest absolute Gasteiger partial charge is 0.506 e. The van der Waals surface area contributed by atoms with Crippen LogP contribution in [0.25, 0.3) is 0 Å². The Morgan fingerprint density at radius 1 is 0.828 bits per heavy atom. The van der Waals surface area contributed by atoms with Crippen LogP contribution in [0.2, 0.25) is 20.1 Å². The van der Waals surface area contributed by atoms with Gasteiger partial charge in [-0.1, -0.05) is 82.8 Å². The molecule has 0 bridgehead atoms. The standard InChI is InChI=1S/C19H12Cl4O5S/c20-11-6-7-12(13(21)8-11)19(29(26,27)28,10-4-2-1-3-5-10)16-17(23)15(24)9-14(22)18(16)25/h1-9,24-25H,(H,26,27,28). The van der Waals surface area contributed by atoms with Gasteiger partial charge in [0.25, 0.3) is 10.1 Å². The van der Waals surface area contributed by atoms with Crippen LogP contribution in [0.4, 0.5) is 0 Å². The van der Waals surface area contributed by atoms with E-state index in [2.05, 4.69) is 0 Å². The summed E-state index contributed by atoms with van der Waals surface area (Å²) in [5, 5.41) is 20.1. The Balaban J connectivity index is 2.67. The van der Waals surface area contributed by atoms with E-state index in [4.69, 9.17) is 46.4 Å². The third-order valence-corrected chi connectivity index (χ3v) is 7.05. The zero-order valence-corrected chi connectivity index (χ0v) is 18.1. The van der Waals surface area contributed by atoms with Gasteiger partial charge in [-0.15, -0.1) is 0 Å². The fourth-order valence-electron chi connectivity index (χ4n) is 3.22. The fraction of sp³-hybridized carbons (Fsp3) is 0.0526. The van der Waals surface area contributed by atoms with Crippen molar-refractivity contribution in [3.63, 3.8) is 0 Å². The van der Waals surface area contributed by atoms with E-state index in [0.29, 0.717) is 0 Å². The summed E-state index contributed by atoms with van der Waals surface area (Å²) >= 11 is 24.5. The van der Waals surface area contributed by atoms with Crippen molar-refractivity contribution in [1.82, 2.24) is 0 Å². The van der Waals surface area contributed by atoms with Crippen LogP contribution < -0.4 is 0 Å². The van der Waals surface area contributed by atoms with Gasteiger partial charge < -0.3 is 10.2 Å². The molecule has 0 aliphatic carbocycles. The van der Waals surface area contributed by atoms with E-state index in [1.54, 1.807) is 6.07 Å². The van der Waals surface area contributed by atoms with Crippen LogP contribution in [-0.2, 0) is 14.9 Å². The molecule has 3 rings (SSSR count). The van der Waals surface area contributed by atoms with Crippen molar-refractivity contribution in [3.05, 3.63) is 91.4 Å². The van der Waals surface area contributed by atoms with Gasteiger partial charge in [-0.25, -0.2) is 0 Å². The van der Waals surface area contributed by atoms with Gasteiger partial charge >= 0.3 is 0 Å². The average molecular weight is 494 g/mol. The second-order valence-electron chi connectivity index (χ2n) is 6.06. The molecule has 0 fully saturated rings. The molecule has 29 heavy (non-hydrogen) atoms. The summed E-state index contributed by atoms with van der Waals surface area (Å²) in [7, 11) is -5.14. The third-order valence-electron chi connectivity index (χ3n) is 4.40. The normalized spacial score (nSPS) is 13.8. The van der Waals surface area contributed by atoms with E-state index in [9.17, 15) is 23.2 Å². The van der Waals surface area contributed by atoms with Gasteiger partial charge in [0, 0.05) is 21.7 Å². The summed E-state index contributed by atoms with van der Waals surface area (Å²) < 4.78 is 33.9. The Labute approximate surface area is 186 Å². The van der Waals surface area contributed by atoms with Crippen molar-refractivity contribution in [2.45, 2.75) is 4.75 Å². The first-order chi connectivity index (χ1) is 13.5. The van der Waals surface area contributed by atoms with Crippen LogP contribution in [0.5, 0.6) is 11.5 Å². The summed E-state index contributed by atoms with van der Waals surface area (Å²) in [4.78, 5) is 0. The quantitative estimate of drug-likeness (QED) is 0.239. The van der Waals surface area contributed by atoms with Crippen LogP contribution in [0.1, 0.15) is 16.7 Å². The Morgan fingerprint density at radius 3 is 2.00 bits per heavy atom. The molecule has 1 atom stereocenters. The second-order valence-corrected chi connectivity index (χ2v) is 9.25. The first-order valence-electron chi connectivity index (χ1n) is 7.90. The third kappa shape index (κ3) is 3.54. The number of benzene rings is 3. The molecular weight excluding hydrogens is 482 g/mol. The Morgan fingerprint density at radius 2 is 1.45 bits per heavy atom. The number of aromatic hydroxyl groups is 2.